The summed E-state index contributed by atoms with van der Waals surface area (Å²) in [6.07, 6.45) is 3.50. The normalized spacial score (nSPS) is 19.4. The number of benzene rings is 1. The van der Waals surface area contributed by atoms with E-state index in [1.165, 1.54) is 5.56 Å². The van der Waals surface area contributed by atoms with E-state index in [2.05, 4.69) is 38.1 Å². The molecule has 0 aromatic heterocycles. The first-order valence-electron chi connectivity index (χ1n) is 7.31. The molecule has 1 aromatic carbocycles. The number of amides is 1. The van der Waals surface area contributed by atoms with Gasteiger partial charge in [0, 0.05) is 31.7 Å². The van der Waals surface area contributed by atoms with Crippen LogP contribution in [0.2, 0.25) is 0 Å². The van der Waals surface area contributed by atoms with Gasteiger partial charge in [-0.3, -0.25) is 4.79 Å². The van der Waals surface area contributed by atoms with Crippen LogP contribution >= 0.6 is 0 Å². The van der Waals surface area contributed by atoms with Crippen LogP contribution in [-0.4, -0.2) is 35.6 Å². The van der Waals surface area contributed by atoms with E-state index in [0.717, 1.165) is 30.5 Å². The largest absolute Gasteiger partial charge is 0.396 e. The van der Waals surface area contributed by atoms with E-state index < -0.39 is 0 Å². The molecule has 1 saturated heterocycles. The van der Waals surface area contributed by atoms with Crippen LogP contribution in [0.4, 0.5) is 0 Å². The van der Waals surface area contributed by atoms with Gasteiger partial charge in [-0.15, -0.1) is 0 Å². The molecule has 1 fully saturated rings. The van der Waals surface area contributed by atoms with Gasteiger partial charge in [-0.05, 0) is 30.9 Å². The summed E-state index contributed by atoms with van der Waals surface area (Å²) in [6.45, 7) is 5.73. The minimum atomic E-state index is 0.0679. The Kier molecular flexibility index (Phi) is 4.96. The number of hydrogen-bond acceptors (Lipinski definition) is 2. The first-order valence-corrected chi connectivity index (χ1v) is 7.31. The number of hydrogen-bond donors (Lipinski definition) is 1. The second-order valence-electron chi connectivity index (χ2n) is 5.51. The highest BCUT2D eigenvalue weighted by Crippen LogP contribution is 2.21. The van der Waals surface area contributed by atoms with Crippen molar-refractivity contribution in [1.29, 1.82) is 0 Å². The van der Waals surface area contributed by atoms with Gasteiger partial charge in [0.1, 0.15) is 0 Å². The van der Waals surface area contributed by atoms with E-state index in [1.54, 1.807) is 6.08 Å². The van der Waals surface area contributed by atoms with E-state index in [0.29, 0.717) is 6.54 Å². The molecule has 1 amide bonds. The summed E-state index contributed by atoms with van der Waals surface area (Å²) in [6, 6.07) is 8.28. The Labute approximate surface area is 120 Å². The highest BCUT2D eigenvalue weighted by Gasteiger charge is 2.24. The molecule has 1 heterocycles. The third kappa shape index (κ3) is 3.48. The molecule has 1 atom stereocenters. The van der Waals surface area contributed by atoms with E-state index >= 15 is 0 Å². The predicted molar refractivity (Wildman–Crippen MR) is 81.2 cm³/mol. The number of likely N-dealkylation sites (tertiary alicyclic amines) is 1. The Morgan fingerprint density at radius 3 is 2.65 bits per heavy atom. The molecule has 0 saturated carbocycles. The lowest BCUT2D eigenvalue weighted by atomic mass is 10.0. The van der Waals surface area contributed by atoms with Crippen LogP contribution in [0.3, 0.4) is 0 Å². The summed E-state index contributed by atoms with van der Waals surface area (Å²) in [5.41, 5.74) is 3.41. The molecule has 1 aromatic rings. The van der Waals surface area contributed by atoms with Gasteiger partial charge < -0.3 is 10.0 Å². The quantitative estimate of drug-likeness (QED) is 0.857. The number of aliphatic hydroxyl groups is 1. The van der Waals surface area contributed by atoms with Crippen LogP contribution in [0, 0.1) is 12.8 Å². The van der Waals surface area contributed by atoms with Gasteiger partial charge in [-0.1, -0.05) is 36.8 Å². The molecule has 3 heteroatoms. The minimum absolute atomic E-state index is 0.0679. The number of rotatable bonds is 4. The molecule has 20 heavy (non-hydrogen) atoms. The van der Waals surface area contributed by atoms with Crippen molar-refractivity contribution in [3.05, 3.63) is 41.5 Å². The maximum Gasteiger partial charge on any atom is 0.246 e. The van der Waals surface area contributed by atoms with Crippen molar-refractivity contribution in [2.24, 2.45) is 5.92 Å². The molecule has 1 unspecified atom stereocenters. The van der Waals surface area contributed by atoms with Crippen molar-refractivity contribution in [3.8, 4) is 0 Å². The van der Waals surface area contributed by atoms with E-state index in [4.69, 9.17) is 5.11 Å². The summed E-state index contributed by atoms with van der Waals surface area (Å²) >= 11 is 0. The summed E-state index contributed by atoms with van der Waals surface area (Å²) in [5, 5.41) is 9.14. The summed E-state index contributed by atoms with van der Waals surface area (Å²) < 4.78 is 0. The Hall–Kier alpha value is -1.61. The van der Waals surface area contributed by atoms with Gasteiger partial charge >= 0.3 is 0 Å². The lowest BCUT2D eigenvalue weighted by molar-refractivity contribution is -0.125. The Morgan fingerprint density at radius 1 is 1.40 bits per heavy atom. The molecule has 0 radical (unpaired) electrons. The molecule has 0 bridgehead atoms. The first kappa shape index (κ1) is 14.8. The molecule has 3 nitrogen and oxygen atoms in total. The van der Waals surface area contributed by atoms with Gasteiger partial charge in [0.15, 0.2) is 0 Å². The van der Waals surface area contributed by atoms with Crippen LogP contribution in [0.15, 0.2) is 30.3 Å². The molecule has 1 N–H and O–H groups in total. The molecule has 2 rings (SSSR count). The van der Waals surface area contributed by atoms with Gasteiger partial charge in [-0.2, -0.15) is 0 Å². The van der Waals surface area contributed by atoms with Gasteiger partial charge in [0.25, 0.3) is 0 Å². The van der Waals surface area contributed by atoms with Crippen molar-refractivity contribution in [2.75, 3.05) is 19.7 Å². The predicted octanol–water partition coefficient (Wildman–Crippen LogP) is 2.63. The molecule has 108 valence electrons. The molecular weight excluding hydrogens is 250 g/mol. The van der Waals surface area contributed by atoms with Crippen molar-refractivity contribution in [3.63, 3.8) is 0 Å². The second kappa shape index (κ2) is 6.71. The van der Waals surface area contributed by atoms with E-state index in [-0.39, 0.29) is 18.4 Å². The fraction of sp³-hybridized carbons (Fsp3) is 0.471. The van der Waals surface area contributed by atoms with Crippen molar-refractivity contribution >= 4 is 11.5 Å². The first-order chi connectivity index (χ1) is 9.63. The third-order valence-corrected chi connectivity index (χ3v) is 3.96. The lowest BCUT2D eigenvalue weighted by Crippen LogP contribution is -2.27. The second-order valence-corrected chi connectivity index (χ2v) is 5.51. The lowest BCUT2D eigenvalue weighted by Gasteiger charge is -2.15. The van der Waals surface area contributed by atoms with E-state index in [9.17, 15) is 4.79 Å². The van der Waals surface area contributed by atoms with Gasteiger partial charge in [-0.25, -0.2) is 0 Å². The Morgan fingerprint density at radius 2 is 2.10 bits per heavy atom. The number of carbonyl (C=O) groups is 1. The SMILES string of the molecule is CC/C(=C/C(=O)N1CCC(CO)C1)c1ccc(C)cc1. The third-order valence-electron chi connectivity index (χ3n) is 3.96. The highest BCUT2D eigenvalue weighted by molar-refractivity contribution is 5.95. The van der Waals surface area contributed by atoms with Crippen molar-refractivity contribution < 1.29 is 9.90 Å². The number of carbonyl (C=O) groups excluding carboxylic acids is 1. The maximum absolute atomic E-state index is 12.3. The number of aliphatic hydroxyl groups excluding tert-OH is 1. The summed E-state index contributed by atoms with van der Waals surface area (Å²) in [7, 11) is 0. The Bertz CT molecular complexity index is 490. The topological polar surface area (TPSA) is 40.5 Å². The molecular formula is C17H23NO2. The van der Waals surface area contributed by atoms with Crippen LogP contribution in [-0.2, 0) is 4.79 Å². The van der Waals surface area contributed by atoms with E-state index in [1.807, 2.05) is 4.90 Å². The number of aryl methyl sites for hydroxylation is 1. The average molecular weight is 273 g/mol. The fourth-order valence-electron chi connectivity index (χ4n) is 2.58. The average Bonchev–Trinajstić information content (AvgIpc) is 2.94. The van der Waals surface area contributed by atoms with Crippen LogP contribution in [0.25, 0.3) is 5.57 Å². The molecule has 1 aliphatic rings. The molecule has 0 aliphatic carbocycles. The molecule has 1 aliphatic heterocycles. The summed E-state index contributed by atoms with van der Waals surface area (Å²) in [5.74, 6) is 0.315. The zero-order chi connectivity index (χ0) is 14.5. The van der Waals surface area contributed by atoms with Gasteiger partial charge in [0.05, 0.1) is 0 Å². The van der Waals surface area contributed by atoms with Crippen LogP contribution in [0.1, 0.15) is 30.9 Å². The van der Waals surface area contributed by atoms with Crippen LogP contribution in [0.5, 0.6) is 0 Å². The highest BCUT2D eigenvalue weighted by atomic mass is 16.3. The van der Waals surface area contributed by atoms with Crippen molar-refractivity contribution in [1.82, 2.24) is 4.90 Å². The minimum Gasteiger partial charge on any atom is -0.396 e. The number of allylic oxidation sites excluding steroid dienone is 1. The maximum atomic E-state index is 12.3. The zero-order valence-corrected chi connectivity index (χ0v) is 12.3. The standard InChI is InChI=1S/C17H23NO2/c1-3-15(16-6-4-13(2)5-7-16)10-17(20)18-9-8-14(11-18)12-19/h4-7,10,14,19H,3,8-9,11-12H2,1-2H3/b15-10-. The van der Waals surface area contributed by atoms with Crippen LogP contribution < -0.4 is 0 Å². The summed E-state index contributed by atoms with van der Waals surface area (Å²) in [4.78, 5) is 14.1. The Balaban J connectivity index is 2.10. The zero-order valence-electron chi connectivity index (χ0n) is 12.3. The fourth-order valence-corrected chi connectivity index (χ4v) is 2.58. The monoisotopic (exact) mass is 273 g/mol. The smallest absolute Gasteiger partial charge is 0.246 e. The van der Waals surface area contributed by atoms with Gasteiger partial charge in [0.2, 0.25) is 5.91 Å². The number of nitrogens with zero attached hydrogens (tertiary/aromatic N) is 1. The molecule has 0 spiro atoms. The van der Waals surface area contributed by atoms with Crippen molar-refractivity contribution in [2.45, 2.75) is 26.7 Å².